The first-order valence-corrected chi connectivity index (χ1v) is 11.2. The second kappa shape index (κ2) is 9.63. The second-order valence-electron chi connectivity index (χ2n) is 9.31. The molecule has 1 amide bonds. The third-order valence-electron chi connectivity index (χ3n) is 5.80. The van der Waals surface area contributed by atoms with Crippen molar-refractivity contribution in [3.63, 3.8) is 0 Å². The van der Waals surface area contributed by atoms with Gasteiger partial charge in [-0.15, -0.1) is 0 Å². The van der Waals surface area contributed by atoms with Gasteiger partial charge in [0, 0.05) is 37.0 Å². The Morgan fingerprint density at radius 1 is 1.28 bits per heavy atom. The molecule has 0 radical (unpaired) electrons. The van der Waals surface area contributed by atoms with E-state index in [1.54, 1.807) is 6.20 Å². The number of carbonyl (C=O) groups is 1. The summed E-state index contributed by atoms with van der Waals surface area (Å²) in [7, 11) is 0. The molecule has 1 saturated heterocycles. The van der Waals surface area contributed by atoms with Gasteiger partial charge in [0.25, 0.3) is 0 Å². The van der Waals surface area contributed by atoms with Crippen LogP contribution in [0.4, 0.5) is 0 Å². The van der Waals surface area contributed by atoms with Gasteiger partial charge in [0.1, 0.15) is 12.3 Å². The van der Waals surface area contributed by atoms with E-state index in [-0.39, 0.29) is 17.4 Å². The monoisotopic (exact) mass is 403 g/mol. The molecule has 7 heteroatoms. The van der Waals surface area contributed by atoms with Gasteiger partial charge in [0.2, 0.25) is 11.8 Å². The van der Waals surface area contributed by atoms with Crippen molar-refractivity contribution in [1.82, 2.24) is 20.5 Å². The number of nitrogens with one attached hydrogen (secondary N) is 2. The lowest BCUT2D eigenvalue weighted by molar-refractivity contribution is -0.135. The fourth-order valence-electron chi connectivity index (χ4n) is 4.08. The van der Waals surface area contributed by atoms with E-state index in [0.29, 0.717) is 18.3 Å². The molecule has 7 nitrogen and oxygen atoms in total. The van der Waals surface area contributed by atoms with Gasteiger partial charge in [-0.3, -0.25) is 4.79 Å². The normalized spacial score (nSPS) is 21.4. The molecule has 3 rings (SSSR count). The topological polar surface area (TPSA) is 82.8 Å². The number of carbonyl (C=O) groups excluding carboxylic acids is 1. The van der Waals surface area contributed by atoms with Crippen LogP contribution in [0.25, 0.3) is 0 Å². The number of nitrogens with zero attached hydrogens (tertiary/aromatic N) is 3. The minimum absolute atomic E-state index is 0.0596. The second-order valence-corrected chi connectivity index (χ2v) is 9.31. The number of hydrogen-bond donors (Lipinski definition) is 2. The molecular weight excluding hydrogens is 366 g/mol. The molecule has 1 atom stereocenters. The molecule has 2 N–H and O–H groups in total. The van der Waals surface area contributed by atoms with Crippen LogP contribution < -0.4 is 10.6 Å². The summed E-state index contributed by atoms with van der Waals surface area (Å²) in [6.07, 6.45) is 8.53. The molecule has 1 aliphatic carbocycles. The van der Waals surface area contributed by atoms with Crippen molar-refractivity contribution < 1.29 is 9.21 Å². The first-order valence-electron chi connectivity index (χ1n) is 11.2. The van der Waals surface area contributed by atoms with E-state index in [0.717, 1.165) is 50.6 Å². The Balaban J connectivity index is 1.54. The van der Waals surface area contributed by atoms with E-state index in [9.17, 15) is 4.79 Å². The van der Waals surface area contributed by atoms with E-state index in [1.165, 1.54) is 19.3 Å². The molecular formula is C22H37N5O2. The smallest absolute Gasteiger partial charge is 0.225 e. The fourth-order valence-corrected chi connectivity index (χ4v) is 4.08. The van der Waals surface area contributed by atoms with Gasteiger partial charge in [-0.1, -0.05) is 40.0 Å². The maximum Gasteiger partial charge on any atom is 0.225 e. The molecule has 0 aromatic carbocycles. The summed E-state index contributed by atoms with van der Waals surface area (Å²) in [6.45, 7) is 11.1. The number of rotatable bonds is 5. The van der Waals surface area contributed by atoms with Crippen molar-refractivity contribution in [1.29, 1.82) is 0 Å². The van der Waals surface area contributed by atoms with E-state index >= 15 is 0 Å². The van der Waals surface area contributed by atoms with E-state index in [1.807, 2.05) is 11.8 Å². The van der Waals surface area contributed by atoms with Crippen molar-refractivity contribution >= 4 is 11.9 Å². The number of aliphatic imine (C=N–C) groups is 1. The van der Waals surface area contributed by atoms with Gasteiger partial charge < -0.3 is 20.0 Å². The quantitative estimate of drug-likeness (QED) is 0.583. The summed E-state index contributed by atoms with van der Waals surface area (Å²) in [4.78, 5) is 23.8. The lowest BCUT2D eigenvalue weighted by atomic mass is 9.88. The number of likely N-dealkylation sites (tertiary alicyclic amines) is 1. The molecule has 1 aromatic heterocycles. The van der Waals surface area contributed by atoms with Gasteiger partial charge >= 0.3 is 0 Å². The predicted octanol–water partition coefficient (Wildman–Crippen LogP) is 3.21. The van der Waals surface area contributed by atoms with E-state index in [4.69, 9.17) is 4.42 Å². The van der Waals surface area contributed by atoms with Crippen molar-refractivity contribution in [2.45, 2.75) is 84.2 Å². The standard InChI is InChI=1S/C22H37N5O2/c1-5-23-21(25-14-19-24-13-18(29-19)22(2,3)4)26-17-11-12-27(15-17)20(28)16-9-7-6-8-10-16/h13,16-17H,5-12,14-15H2,1-4H3,(H2,23,25,26). The number of guanidine groups is 1. The number of aromatic nitrogens is 1. The highest BCUT2D eigenvalue weighted by Gasteiger charge is 2.31. The third-order valence-corrected chi connectivity index (χ3v) is 5.80. The molecule has 0 spiro atoms. The van der Waals surface area contributed by atoms with Gasteiger partial charge in [0.05, 0.1) is 6.20 Å². The molecule has 1 aromatic rings. The van der Waals surface area contributed by atoms with Crippen LogP contribution in [-0.2, 0) is 16.8 Å². The molecule has 0 bridgehead atoms. The van der Waals surface area contributed by atoms with Crippen molar-refractivity contribution in [3.8, 4) is 0 Å². The summed E-state index contributed by atoms with van der Waals surface area (Å²) >= 11 is 0. The van der Waals surface area contributed by atoms with Gasteiger partial charge in [-0.25, -0.2) is 9.98 Å². The summed E-state index contributed by atoms with van der Waals surface area (Å²) in [5.41, 5.74) is -0.0596. The van der Waals surface area contributed by atoms with Gasteiger partial charge in [0.15, 0.2) is 5.96 Å². The Hall–Kier alpha value is -2.05. The van der Waals surface area contributed by atoms with Crippen LogP contribution in [0.5, 0.6) is 0 Å². The van der Waals surface area contributed by atoms with Gasteiger partial charge in [-0.05, 0) is 26.2 Å². The summed E-state index contributed by atoms with van der Waals surface area (Å²) < 4.78 is 5.84. The average molecular weight is 404 g/mol. The van der Waals surface area contributed by atoms with Crippen LogP contribution in [0, 0.1) is 5.92 Å². The Morgan fingerprint density at radius 2 is 2.03 bits per heavy atom. The molecule has 2 fully saturated rings. The summed E-state index contributed by atoms with van der Waals surface area (Å²) in [6, 6.07) is 0.232. The van der Waals surface area contributed by atoms with E-state index in [2.05, 4.69) is 41.4 Å². The van der Waals surface area contributed by atoms with E-state index < -0.39 is 0 Å². The maximum atomic E-state index is 12.8. The number of hydrogen-bond acceptors (Lipinski definition) is 4. The Bertz CT molecular complexity index is 700. The Morgan fingerprint density at radius 3 is 2.69 bits per heavy atom. The zero-order valence-electron chi connectivity index (χ0n) is 18.5. The molecule has 1 aliphatic heterocycles. The number of amides is 1. The number of oxazole rings is 1. The molecule has 162 valence electrons. The Labute approximate surface area is 174 Å². The lowest BCUT2D eigenvalue weighted by Gasteiger charge is -2.26. The third kappa shape index (κ3) is 5.97. The molecule has 2 aliphatic rings. The largest absolute Gasteiger partial charge is 0.443 e. The Kier molecular flexibility index (Phi) is 7.19. The van der Waals surface area contributed by atoms with Gasteiger partial charge in [-0.2, -0.15) is 0 Å². The molecule has 1 saturated carbocycles. The average Bonchev–Trinajstić information content (AvgIpc) is 3.36. The molecule has 29 heavy (non-hydrogen) atoms. The molecule has 1 unspecified atom stereocenters. The first-order chi connectivity index (χ1) is 13.9. The predicted molar refractivity (Wildman–Crippen MR) is 115 cm³/mol. The van der Waals surface area contributed by atoms with Crippen LogP contribution in [0.15, 0.2) is 15.6 Å². The highest BCUT2D eigenvalue weighted by Crippen LogP contribution is 2.27. The highest BCUT2D eigenvalue weighted by molar-refractivity contribution is 5.81. The van der Waals surface area contributed by atoms with Crippen molar-refractivity contribution in [2.24, 2.45) is 10.9 Å². The maximum absolute atomic E-state index is 12.8. The van der Waals surface area contributed by atoms with Crippen LogP contribution in [0.1, 0.15) is 77.9 Å². The van der Waals surface area contributed by atoms with Crippen LogP contribution in [0.2, 0.25) is 0 Å². The zero-order valence-corrected chi connectivity index (χ0v) is 18.5. The van der Waals surface area contributed by atoms with Crippen molar-refractivity contribution in [2.75, 3.05) is 19.6 Å². The van der Waals surface area contributed by atoms with Crippen LogP contribution in [-0.4, -0.2) is 47.4 Å². The van der Waals surface area contributed by atoms with Crippen LogP contribution >= 0.6 is 0 Å². The lowest BCUT2D eigenvalue weighted by Crippen LogP contribution is -2.45. The SMILES string of the molecule is CCNC(=NCc1ncc(C(C)(C)C)o1)NC1CCN(C(=O)C2CCCCC2)C1. The van der Waals surface area contributed by atoms with Crippen molar-refractivity contribution in [3.05, 3.63) is 17.8 Å². The fraction of sp³-hybridized carbons (Fsp3) is 0.773. The highest BCUT2D eigenvalue weighted by atomic mass is 16.4. The minimum atomic E-state index is -0.0596. The molecule has 2 heterocycles. The summed E-state index contributed by atoms with van der Waals surface area (Å²) in [5, 5.41) is 6.78. The summed E-state index contributed by atoms with van der Waals surface area (Å²) in [5.74, 6) is 2.83. The minimum Gasteiger partial charge on any atom is -0.443 e. The zero-order chi connectivity index (χ0) is 20.9. The van der Waals surface area contributed by atoms with Crippen LogP contribution in [0.3, 0.4) is 0 Å². The first kappa shape index (κ1) is 21.7.